The van der Waals surface area contributed by atoms with Crippen molar-refractivity contribution in [1.29, 1.82) is 0 Å². The minimum absolute atomic E-state index is 0.0639. The molecule has 0 spiro atoms. The summed E-state index contributed by atoms with van der Waals surface area (Å²) in [6, 6.07) is 0. The lowest BCUT2D eigenvalue weighted by Gasteiger charge is -2.27. The van der Waals surface area contributed by atoms with Crippen LogP contribution in [0.2, 0.25) is 0 Å². The lowest BCUT2D eigenvalue weighted by molar-refractivity contribution is -0.119. The van der Waals surface area contributed by atoms with Crippen molar-refractivity contribution in [2.24, 2.45) is 10.7 Å². The summed E-state index contributed by atoms with van der Waals surface area (Å²) in [5.74, 6) is 0.372. The molecule has 0 radical (unpaired) electrons. The largest absolute Gasteiger partial charge is 0.378 e. The van der Waals surface area contributed by atoms with Crippen LogP contribution in [-0.4, -0.2) is 80.7 Å². The lowest BCUT2D eigenvalue weighted by Crippen LogP contribution is -2.45. The van der Waals surface area contributed by atoms with E-state index in [0.29, 0.717) is 25.7 Å². The summed E-state index contributed by atoms with van der Waals surface area (Å²) < 4.78 is 5.26. The van der Waals surface area contributed by atoms with Crippen molar-refractivity contribution in [2.45, 2.75) is 25.7 Å². The molecule has 126 valence electrons. The standard InChI is InChI=1S/C15H29N5O2/c16-15(20-9-11-22-12-10-20)18-13-14(21)17-5-8-19-6-3-1-2-4-7-19/h1-13H2,(H2,16,18)(H,17,21). The van der Waals surface area contributed by atoms with Gasteiger partial charge in [-0.1, -0.05) is 12.8 Å². The van der Waals surface area contributed by atoms with Crippen LogP contribution in [0, 0.1) is 0 Å². The first-order chi connectivity index (χ1) is 10.8. The van der Waals surface area contributed by atoms with Crippen LogP contribution in [0.1, 0.15) is 25.7 Å². The number of hydrogen-bond donors (Lipinski definition) is 2. The van der Waals surface area contributed by atoms with Crippen LogP contribution in [0.25, 0.3) is 0 Å². The van der Waals surface area contributed by atoms with E-state index in [-0.39, 0.29) is 12.5 Å². The van der Waals surface area contributed by atoms with Gasteiger partial charge in [-0.2, -0.15) is 0 Å². The van der Waals surface area contributed by atoms with Crippen LogP contribution in [0.3, 0.4) is 0 Å². The van der Waals surface area contributed by atoms with E-state index in [9.17, 15) is 4.79 Å². The van der Waals surface area contributed by atoms with Crippen molar-refractivity contribution in [3.63, 3.8) is 0 Å². The normalized spacial score (nSPS) is 21.5. The summed E-state index contributed by atoms with van der Waals surface area (Å²) >= 11 is 0. The number of rotatable bonds is 5. The zero-order valence-electron chi connectivity index (χ0n) is 13.4. The highest BCUT2D eigenvalue weighted by Crippen LogP contribution is 2.08. The number of likely N-dealkylation sites (tertiary alicyclic amines) is 1. The molecule has 0 atom stereocenters. The van der Waals surface area contributed by atoms with E-state index in [1.165, 1.54) is 25.7 Å². The Morgan fingerprint density at radius 2 is 1.77 bits per heavy atom. The Morgan fingerprint density at radius 3 is 2.45 bits per heavy atom. The molecule has 1 amide bonds. The maximum Gasteiger partial charge on any atom is 0.241 e. The van der Waals surface area contributed by atoms with Gasteiger partial charge in [0.15, 0.2) is 5.96 Å². The van der Waals surface area contributed by atoms with Gasteiger partial charge < -0.3 is 25.6 Å². The van der Waals surface area contributed by atoms with Gasteiger partial charge in [-0.3, -0.25) is 4.79 Å². The number of guanidine groups is 1. The molecular formula is C15H29N5O2. The second-order valence-corrected chi connectivity index (χ2v) is 5.88. The highest BCUT2D eigenvalue weighted by atomic mass is 16.5. The van der Waals surface area contributed by atoms with Crippen LogP contribution in [0.5, 0.6) is 0 Å². The highest BCUT2D eigenvalue weighted by molar-refractivity contribution is 5.84. The fourth-order valence-corrected chi connectivity index (χ4v) is 2.81. The SMILES string of the molecule is NC(=NCC(=O)NCCN1CCCCCC1)N1CCOCC1. The molecule has 2 saturated heterocycles. The number of hydrogen-bond acceptors (Lipinski definition) is 4. The van der Waals surface area contributed by atoms with E-state index < -0.39 is 0 Å². The third-order valence-corrected chi connectivity index (χ3v) is 4.17. The molecule has 22 heavy (non-hydrogen) atoms. The van der Waals surface area contributed by atoms with Gasteiger partial charge in [-0.15, -0.1) is 0 Å². The molecule has 2 aliphatic rings. The lowest BCUT2D eigenvalue weighted by atomic mass is 10.2. The monoisotopic (exact) mass is 311 g/mol. The summed E-state index contributed by atoms with van der Waals surface area (Å²) in [4.78, 5) is 20.4. The van der Waals surface area contributed by atoms with Gasteiger partial charge in [0.2, 0.25) is 5.91 Å². The molecule has 2 rings (SSSR count). The first kappa shape index (κ1) is 17.0. The van der Waals surface area contributed by atoms with Gasteiger partial charge >= 0.3 is 0 Å². The smallest absolute Gasteiger partial charge is 0.241 e. The molecule has 2 aliphatic heterocycles. The van der Waals surface area contributed by atoms with E-state index >= 15 is 0 Å². The topological polar surface area (TPSA) is 83.2 Å². The van der Waals surface area contributed by atoms with Crippen LogP contribution in [-0.2, 0) is 9.53 Å². The van der Waals surface area contributed by atoms with Crippen LogP contribution < -0.4 is 11.1 Å². The third-order valence-electron chi connectivity index (χ3n) is 4.17. The molecule has 7 heteroatoms. The van der Waals surface area contributed by atoms with E-state index in [1.54, 1.807) is 0 Å². The predicted octanol–water partition coefficient (Wildman–Crippen LogP) is -0.374. The van der Waals surface area contributed by atoms with Crippen molar-refractivity contribution >= 4 is 11.9 Å². The summed E-state index contributed by atoms with van der Waals surface area (Å²) in [6.07, 6.45) is 5.21. The zero-order valence-corrected chi connectivity index (χ0v) is 13.4. The van der Waals surface area contributed by atoms with Gasteiger partial charge in [-0.05, 0) is 25.9 Å². The minimum atomic E-state index is -0.0639. The van der Waals surface area contributed by atoms with Crippen molar-refractivity contribution in [1.82, 2.24) is 15.1 Å². The first-order valence-corrected chi connectivity index (χ1v) is 8.37. The molecule has 0 aliphatic carbocycles. The number of nitrogens with two attached hydrogens (primary N) is 1. The molecule has 7 nitrogen and oxygen atoms in total. The zero-order chi connectivity index (χ0) is 15.6. The molecule has 0 aromatic heterocycles. The molecule has 0 saturated carbocycles. The first-order valence-electron chi connectivity index (χ1n) is 8.37. The summed E-state index contributed by atoms with van der Waals surface area (Å²) in [6.45, 7) is 6.83. The van der Waals surface area contributed by atoms with Gasteiger partial charge in [0.1, 0.15) is 6.54 Å². The average molecular weight is 311 g/mol. The molecule has 0 bridgehead atoms. The fraction of sp³-hybridized carbons (Fsp3) is 0.867. The number of morpholine rings is 1. The number of nitrogens with one attached hydrogen (secondary N) is 1. The van der Waals surface area contributed by atoms with Gasteiger partial charge in [-0.25, -0.2) is 4.99 Å². The molecule has 3 N–H and O–H groups in total. The van der Waals surface area contributed by atoms with Gasteiger partial charge in [0.25, 0.3) is 0 Å². The summed E-state index contributed by atoms with van der Waals surface area (Å²) in [5, 5.41) is 2.92. The van der Waals surface area contributed by atoms with Crippen LogP contribution in [0.15, 0.2) is 4.99 Å². The molecular weight excluding hydrogens is 282 g/mol. The molecule has 2 heterocycles. The van der Waals surface area contributed by atoms with Gasteiger partial charge in [0.05, 0.1) is 13.2 Å². The molecule has 0 aromatic rings. The number of aliphatic imine (C=N–C) groups is 1. The van der Waals surface area contributed by atoms with E-state index in [2.05, 4.69) is 15.2 Å². The van der Waals surface area contributed by atoms with E-state index in [1.807, 2.05) is 4.90 Å². The summed E-state index contributed by atoms with van der Waals surface area (Å²) in [5.41, 5.74) is 5.89. The Hall–Kier alpha value is -1.34. The quantitative estimate of drug-likeness (QED) is 0.534. The van der Waals surface area contributed by atoms with Crippen molar-refractivity contribution in [3.05, 3.63) is 0 Å². The van der Waals surface area contributed by atoms with E-state index in [4.69, 9.17) is 10.5 Å². The Morgan fingerprint density at radius 1 is 1.09 bits per heavy atom. The number of nitrogens with zero attached hydrogens (tertiary/aromatic N) is 3. The van der Waals surface area contributed by atoms with Crippen molar-refractivity contribution < 1.29 is 9.53 Å². The Kier molecular flexibility index (Phi) is 7.45. The maximum atomic E-state index is 11.8. The van der Waals surface area contributed by atoms with Crippen molar-refractivity contribution in [3.8, 4) is 0 Å². The van der Waals surface area contributed by atoms with Crippen LogP contribution in [0.4, 0.5) is 0 Å². The highest BCUT2D eigenvalue weighted by Gasteiger charge is 2.13. The predicted molar refractivity (Wildman–Crippen MR) is 86.8 cm³/mol. The molecule has 0 aromatic carbocycles. The van der Waals surface area contributed by atoms with E-state index in [0.717, 1.165) is 32.7 Å². The Labute approximate surface area is 132 Å². The second kappa shape index (κ2) is 9.63. The number of ether oxygens (including phenoxy) is 1. The van der Waals surface area contributed by atoms with Crippen molar-refractivity contribution in [2.75, 3.05) is 59.0 Å². The third kappa shape index (κ3) is 6.19. The number of amides is 1. The Bertz CT molecular complexity index is 361. The Balaban J connectivity index is 1.60. The number of carbonyl (C=O) groups excluding carboxylic acids is 1. The maximum absolute atomic E-state index is 11.8. The molecule has 2 fully saturated rings. The fourth-order valence-electron chi connectivity index (χ4n) is 2.81. The van der Waals surface area contributed by atoms with Gasteiger partial charge in [0, 0.05) is 26.2 Å². The summed E-state index contributed by atoms with van der Waals surface area (Å²) in [7, 11) is 0. The average Bonchev–Trinajstić information content (AvgIpc) is 2.82. The second-order valence-electron chi connectivity index (χ2n) is 5.88. The van der Waals surface area contributed by atoms with Crippen LogP contribution >= 0.6 is 0 Å². The number of carbonyl (C=O) groups is 1. The minimum Gasteiger partial charge on any atom is -0.378 e. The molecule has 0 unspecified atom stereocenters.